The molecule has 1 N–H and O–H groups in total. The Morgan fingerprint density at radius 2 is 1.70 bits per heavy atom. The molecule has 1 unspecified atom stereocenters. The van der Waals surface area contributed by atoms with E-state index in [2.05, 4.69) is 65.4 Å². The van der Waals surface area contributed by atoms with Gasteiger partial charge >= 0.3 is 0 Å². The lowest BCUT2D eigenvalue weighted by Gasteiger charge is -2.21. The van der Waals surface area contributed by atoms with Gasteiger partial charge in [-0.1, -0.05) is 57.9 Å². The predicted octanol–water partition coefficient (Wildman–Crippen LogP) is 5.38. The fraction of sp³-hybridized carbons (Fsp3) is 0.294. The maximum Gasteiger partial charge on any atom is 0.0406 e. The van der Waals surface area contributed by atoms with Crippen LogP contribution in [0, 0.1) is 0 Å². The molecule has 0 saturated heterocycles. The molecule has 0 aromatic heterocycles. The van der Waals surface area contributed by atoms with Crippen LogP contribution in [0.5, 0.6) is 0 Å². The van der Waals surface area contributed by atoms with Crippen molar-refractivity contribution in [2.75, 3.05) is 0 Å². The smallest absolute Gasteiger partial charge is 0.0406 e. The van der Waals surface area contributed by atoms with Crippen LogP contribution in [0.1, 0.15) is 31.0 Å². The van der Waals surface area contributed by atoms with Crippen LogP contribution in [0.15, 0.2) is 53.0 Å². The van der Waals surface area contributed by atoms with Crippen LogP contribution >= 0.6 is 27.5 Å². The first-order chi connectivity index (χ1) is 9.56. The van der Waals surface area contributed by atoms with Crippen molar-refractivity contribution in [1.29, 1.82) is 0 Å². The quantitative estimate of drug-likeness (QED) is 0.761. The first-order valence-electron chi connectivity index (χ1n) is 6.81. The van der Waals surface area contributed by atoms with E-state index in [-0.39, 0.29) is 0 Å². The second-order valence-corrected chi connectivity index (χ2v) is 6.43. The monoisotopic (exact) mass is 351 g/mol. The van der Waals surface area contributed by atoms with Gasteiger partial charge < -0.3 is 5.32 Å². The highest BCUT2D eigenvalue weighted by Crippen LogP contribution is 2.23. The number of hydrogen-bond donors (Lipinski definition) is 1. The number of rotatable bonds is 5. The summed E-state index contributed by atoms with van der Waals surface area (Å²) in [5, 5.41) is 4.42. The van der Waals surface area contributed by atoms with Gasteiger partial charge in [0, 0.05) is 21.6 Å². The highest BCUT2D eigenvalue weighted by atomic mass is 79.9. The van der Waals surface area contributed by atoms with E-state index in [4.69, 9.17) is 11.6 Å². The van der Waals surface area contributed by atoms with Gasteiger partial charge in [-0.3, -0.25) is 0 Å². The minimum Gasteiger partial charge on any atom is -0.307 e. The number of benzene rings is 2. The van der Waals surface area contributed by atoms with Crippen LogP contribution in [0.25, 0.3) is 0 Å². The Kier molecular flexibility index (Phi) is 5.64. The molecular weight excluding hydrogens is 334 g/mol. The molecule has 0 spiro atoms. The second-order valence-electron chi connectivity index (χ2n) is 5.14. The van der Waals surface area contributed by atoms with E-state index in [0.717, 1.165) is 15.9 Å². The first-order valence-corrected chi connectivity index (χ1v) is 7.98. The van der Waals surface area contributed by atoms with Crippen molar-refractivity contribution in [1.82, 2.24) is 5.32 Å². The average molecular weight is 353 g/mol. The molecule has 0 fully saturated rings. The third-order valence-electron chi connectivity index (χ3n) is 3.36. The molecule has 3 heteroatoms. The molecule has 0 aliphatic heterocycles. The molecule has 1 nitrogen and oxygen atoms in total. The van der Waals surface area contributed by atoms with Crippen molar-refractivity contribution >= 4 is 27.5 Å². The van der Waals surface area contributed by atoms with E-state index in [1.165, 1.54) is 11.1 Å². The zero-order valence-corrected chi connectivity index (χ0v) is 14.1. The minimum atomic E-state index is 0.313. The van der Waals surface area contributed by atoms with Gasteiger partial charge in [-0.25, -0.2) is 0 Å². The van der Waals surface area contributed by atoms with E-state index in [0.29, 0.717) is 12.1 Å². The normalized spacial score (nSPS) is 14.0. The predicted molar refractivity (Wildman–Crippen MR) is 90.3 cm³/mol. The Balaban J connectivity index is 1.96. The summed E-state index contributed by atoms with van der Waals surface area (Å²) < 4.78 is 1.15. The fourth-order valence-electron chi connectivity index (χ4n) is 2.38. The lowest BCUT2D eigenvalue weighted by molar-refractivity contribution is 0.476. The third-order valence-corrected chi connectivity index (χ3v) is 4.34. The van der Waals surface area contributed by atoms with Crippen molar-refractivity contribution < 1.29 is 0 Å². The average Bonchev–Trinajstić information content (AvgIpc) is 2.41. The molecule has 0 heterocycles. The van der Waals surface area contributed by atoms with Crippen LogP contribution in [-0.4, -0.2) is 6.04 Å². The number of hydrogen-bond acceptors (Lipinski definition) is 1. The van der Waals surface area contributed by atoms with E-state index in [1.807, 2.05) is 18.2 Å². The van der Waals surface area contributed by atoms with Gasteiger partial charge in [-0.15, -0.1) is 0 Å². The SMILES string of the molecule is CC(Cc1ccc(Cl)cc1)N[C@H](C)c1ccccc1Br. The summed E-state index contributed by atoms with van der Waals surface area (Å²) in [6.07, 6.45) is 0.992. The van der Waals surface area contributed by atoms with Gasteiger partial charge in [0.05, 0.1) is 0 Å². The van der Waals surface area contributed by atoms with Gasteiger partial charge in [0.2, 0.25) is 0 Å². The zero-order chi connectivity index (χ0) is 14.5. The van der Waals surface area contributed by atoms with Crippen molar-refractivity contribution in [2.45, 2.75) is 32.4 Å². The summed E-state index contributed by atoms with van der Waals surface area (Å²) in [4.78, 5) is 0. The zero-order valence-electron chi connectivity index (χ0n) is 11.7. The molecule has 0 saturated carbocycles. The van der Waals surface area contributed by atoms with Crippen LogP contribution in [0.3, 0.4) is 0 Å². The van der Waals surface area contributed by atoms with Crippen LogP contribution < -0.4 is 5.32 Å². The van der Waals surface area contributed by atoms with E-state index in [1.54, 1.807) is 0 Å². The number of halogens is 2. The maximum absolute atomic E-state index is 5.91. The molecular formula is C17H19BrClN. The van der Waals surface area contributed by atoms with Gasteiger partial charge in [0.1, 0.15) is 0 Å². The Hall–Kier alpha value is -0.830. The lowest BCUT2D eigenvalue weighted by Crippen LogP contribution is -2.30. The Labute approximate surface area is 134 Å². The molecule has 0 radical (unpaired) electrons. The van der Waals surface area contributed by atoms with Crippen molar-refractivity contribution in [2.24, 2.45) is 0 Å². The molecule has 2 atom stereocenters. The second kappa shape index (κ2) is 7.26. The number of nitrogens with one attached hydrogen (secondary N) is 1. The minimum absolute atomic E-state index is 0.313. The van der Waals surface area contributed by atoms with Crippen molar-refractivity contribution in [3.63, 3.8) is 0 Å². The van der Waals surface area contributed by atoms with Gasteiger partial charge in [0.25, 0.3) is 0 Å². The highest BCUT2D eigenvalue weighted by Gasteiger charge is 2.12. The Bertz CT molecular complexity index is 553. The molecule has 0 amide bonds. The highest BCUT2D eigenvalue weighted by molar-refractivity contribution is 9.10. The molecule has 106 valence electrons. The Morgan fingerprint density at radius 3 is 2.35 bits per heavy atom. The van der Waals surface area contributed by atoms with E-state index in [9.17, 15) is 0 Å². The maximum atomic E-state index is 5.91. The van der Waals surface area contributed by atoms with E-state index < -0.39 is 0 Å². The molecule has 2 aromatic carbocycles. The molecule has 2 rings (SSSR count). The van der Waals surface area contributed by atoms with Crippen molar-refractivity contribution in [3.8, 4) is 0 Å². The van der Waals surface area contributed by atoms with Gasteiger partial charge in [-0.2, -0.15) is 0 Å². The third kappa shape index (κ3) is 4.34. The summed E-state index contributed by atoms with van der Waals surface area (Å²) >= 11 is 9.52. The fourth-order valence-corrected chi connectivity index (χ4v) is 3.13. The van der Waals surface area contributed by atoms with E-state index >= 15 is 0 Å². The van der Waals surface area contributed by atoms with Gasteiger partial charge in [-0.05, 0) is 49.6 Å². The first kappa shape index (κ1) is 15.6. The standard InChI is InChI=1S/C17H19BrClN/c1-12(11-14-7-9-15(19)10-8-14)20-13(2)16-5-3-4-6-17(16)18/h3-10,12-13,20H,11H2,1-2H3/t12?,13-/m1/s1. The van der Waals surface area contributed by atoms with Crippen LogP contribution in [0.4, 0.5) is 0 Å². The summed E-state index contributed by atoms with van der Waals surface area (Å²) in [7, 11) is 0. The molecule has 0 aliphatic rings. The van der Waals surface area contributed by atoms with Crippen LogP contribution in [0.2, 0.25) is 5.02 Å². The molecule has 20 heavy (non-hydrogen) atoms. The summed E-state index contributed by atoms with van der Waals surface area (Å²) in [5.74, 6) is 0. The summed E-state index contributed by atoms with van der Waals surface area (Å²) in [6.45, 7) is 4.40. The lowest BCUT2D eigenvalue weighted by atomic mass is 10.0. The molecule has 0 aliphatic carbocycles. The summed E-state index contributed by atoms with van der Waals surface area (Å²) in [5.41, 5.74) is 2.59. The van der Waals surface area contributed by atoms with Gasteiger partial charge in [0.15, 0.2) is 0 Å². The Morgan fingerprint density at radius 1 is 1.05 bits per heavy atom. The van der Waals surface area contributed by atoms with Crippen molar-refractivity contribution in [3.05, 3.63) is 69.2 Å². The van der Waals surface area contributed by atoms with Crippen LogP contribution in [-0.2, 0) is 6.42 Å². The largest absolute Gasteiger partial charge is 0.307 e. The summed E-state index contributed by atoms with van der Waals surface area (Å²) in [6, 6.07) is 17.1. The molecule has 0 bridgehead atoms. The topological polar surface area (TPSA) is 12.0 Å². The molecule has 2 aromatic rings.